The van der Waals surface area contributed by atoms with Crippen molar-refractivity contribution in [3.8, 4) is 5.69 Å². The number of halogens is 3. The molecule has 4 nitrogen and oxygen atoms in total. The van der Waals surface area contributed by atoms with Gasteiger partial charge in [0, 0.05) is 35.1 Å². The van der Waals surface area contributed by atoms with Gasteiger partial charge in [0.25, 0.3) is 0 Å². The molecule has 3 atom stereocenters. The van der Waals surface area contributed by atoms with Gasteiger partial charge in [-0.1, -0.05) is 30.8 Å². The zero-order valence-electron chi connectivity index (χ0n) is 18.0. The molecular formula is C24H23F3N4S. The van der Waals surface area contributed by atoms with E-state index in [1.165, 1.54) is 12.1 Å². The van der Waals surface area contributed by atoms with Gasteiger partial charge in [0.15, 0.2) is 5.17 Å². The van der Waals surface area contributed by atoms with Crippen LogP contribution in [-0.4, -0.2) is 31.4 Å². The number of alkyl halides is 3. The summed E-state index contributed by atoms with van der Waals surface area (Å²) in [5.41, 5.74) is 3.66. The average Bonchev–Trinajstić information content (AvgIpc) is 3.37. The number of hydrogen-bond donors (Lipinski definition) is 0. The Morgan fingerprint density at radius 2 is 1.88 bits per heavy atom. The van der Waals surface area contributed by atoms with E-state index in [0.29, 0.717) is 10.9 Å². The summed E-state index contributed by atoms with van der Waals surface area (Å²) in [5.74, 6) is 0. The standard InChI is InChI=1S/C24H23F3N4S/c1-14-11-19(16(3)31(14)18-8-6-7-17(12-18)24(25,26)27)22-21(20-9-4-5-10-28-20)29-23-30(22)13-15(2)32-23/h4-12,15,21-22H,13H2,1-3H3/t15-,21-,22-/m0/s1. The number of fused-ring (bicyclic) bond motifs is 1. The van der Waals surface area contributed by atoms with Crippen molar-refractivity contribution in [2.45, 2.75) is 44.3 Å². The van der Waals surface area contributed by atoms with E-state index < -0.39 is 11.7 Å². The second kappa shape index (κ2) is 7.69. The summed E-state index contributed by atoms with van der Waals surface area (Å²) >= 11 is 1.77. The van der Waals surface area contributed by atoms with E-state index >= 15 is 0 Å². The highest BCUT2D eigenvalue weighted by atomic mass is 32.2. The van der Waals surface area contributed by atoms with E-state index in [4.69, 9.17) is 4.99 Å². The molecule has 32 heavy (non-hydrogen) atoms. The van der Waals surface area contributed by atoms with E-state index in [2.05, 4.69) is 22.9 Å². The van der Waals surface area contributed by atoms with Crippen LogP contribution in [0.5, 0.6) is 0 Å². The fourth-order valence-electron chi connectivity index (χ4n) is 4.76. The highest BCUT2D eigenvalue weighted by Gasteiger charge is 2.44. The molecule has 3 aromatic rings. The lowest BCUT2D eigenvalue weighted by Crippen LogP contribution is -2.28. The fourth-order valence-corrected chi connectivity index (χ4v) is 5.85. The molecule has 2 aliphatic rings. The molecule has 2 aromatic heterocycles. The predicted octanol–water partition coefficient (Wildman–Crippen LogP) is 6.10. The zero-order valence-corrected chi connectivity index (χ0v) is 18.8. The first kappa shape index (κ1) is 21.1. The molecule has 1 aromatic carbocycles. The lowest BCUT2D eigenvalue weighted by molar-refractivity contribution is -0.137. The average molecular weight is 457 g/mol. The maximum absolute atomic E-state index is 13.3. The maximum Gasteiger partial charge on any atom is 0.416 e. The van der Waals surface area contributed by atoms with E-state index in [-0.39, 0.29) is 12.1 Å². The van der Waals surface area contributed by atoms with Gasteiger partial charge < -0.3 is 9.47 Å². The van der Waals surface area contributed by atoms with Crippen molar-refractivity contribution in [1.29, 1.82) is 0 Å². The zero-order chi connectivity index (χ0) is 22.6. The van der Waals surface area contributed by atoms with Gasteiger partial charge >= 0.3 is 6.18 Å². The van der Waals surface area contributed by atoms with Crippen LogP contribution in [0.1, 0.15) is 47.2 Å². The third kappa shape index (κ3) is 3.50. The Morgan fingerprint density at radius 3 is 2.59 bits per heavy atom. The van der Waals surface area contributed by atoms with E-state index in [0.717, 1.165) is 40.4 Å². The largest absolute Gasteiger partial charge is 0.416 e. The van der Waals surface area contributed by atoms with Gasteiger partial charge in [0.2, 0.25) is 0 Å². The monoisotopic (exact) mass is 456 g/mol. The van der Waals surface area contributed by atoms with Gasteiger partial charge in [-0.05, 0) is 55.8 Å². The molecule has 0 amide bonds. The lowest BCUT2D eigenvalue weighted by atomic mass is 9.96. The van der Waals surface area contributed by atoms with Crippen LogP contribution in [0.2, 0.25) is 0 Å². The van der Waals surface area contributed by atoms with Crippen molar-refractivity contribution in [3.05, 3.63) is 82.9 Å². The molecule has 0 saturated carbocycles. The van der Waals surface area contributed by atoms with Crippen LogP contribution in [0.3, 0.4) is 0 Å². The molecule has 0 spiro atoms. The molecular weight excluding hydrogens is 433 g/mol. The van der Waals surface area contributed by atoms with Gasteiger partial charge in [0.05, 0.1) is 17.3 Å². The Labute approximate surface area is 189 Å². The smallest absolute Gasteiger partial charge is 0.341 e. The summed E-state index contributed by atoms with van der Waals surface area (Å²) in [4.78, 5) is 11.9. The number of pyridine rings is 1. The quantitative estimate of drug-likeness (QED) is 0.478. The fraction of sp³-hybridized carbons (Fsp3) is 0.333. The minimum absolute atomic E-state index is 0.0388. The molecule has 8 heteroatoms. The Balaban J connectivity index is 1.61. The first-order valence-corrected chi connectivity index (χ1v) is 11.4. The van der Waals surface area contributed by atoms with Crippen LogP contribution >= 0.6 is 11.8 Å². The Hall–Kier alpha value is -2.74. The molecule has 0 bridgehead atoms. The molecule has 2 aliphatic heterocycles. The van der Waals surface area contributed by atoms with Gasteiger partial charge in [-0.15, -0.1) is 0 Å². The number of aryl methyl sites for hydroxylation is 1. The van der Waals surface area contributed by atoms with Crippen LogP contribution in [0.4, 0.5) is 13.2 Å². The van der Waals surface area contributed by atoms with Gasteiger partial charge in [-0.2, -0.15) is 13.2 Å². The number of thioether (sulfide) groups is 1. The molecule has 166 valence electrons. The number of amidine groups is 1. The number of benzene rings is 1. The van der Waals surface area contributed by atoms with Crippen LogP contribution in [0.25, 0.3) is 5.69 Å². The molecule has 0 radical (unpaired) electrons. The van der Waals surface area contributed by atoms with Crippen molar-refractivity contribution in [2.24, 2.45) is 4.99 Å². The van der Waals surface area contributed by atoms with Crippen LogP contribution in [0.15, 0.2) is 59.7 Å². The van der Waals surface area contributed by atoms with Crippen molar-refractivity contribution >= 4 is 16.9 Å². The maximum atomic E-state index is 13.3. The predicted molar refractivity (Wildman–Crippen MR) is 121 cm³/mol. The number of aliphatic imine (C=N–C) groups is 1. The number of nitrogens with zero attached hydrogens (tertiary/aromatic N) is 4. The van der Waals surface area contributed by atoms with Crippen LogP contribution in [-0.2, 0) is 6.18 Å². The van der Waals surface area contributed by atoms with Crippen molar-refractivity contribution in [2.75, 3.05) is 6.54 Å². The molecule has 5 rings (SSSR count). The van der Waals surface area contributed by atoms with Crippen LogP contribution < -0.4 is 0 Å². The minimum Gasteiger partial charge on any atom is -0.341 e. The number of rotatable bonds is 3. The second-order valence-corrected chi connectivity index (χ2v) is 9.75. The summed E-state index contributed by atoms with van der Waals surface area (Å²) in [5, 5.41) is 1.45. The first-order chi connectivity index (χ1) is 15.2. The topological polar surface area (TPSA) is 33.4 Å². The third-order valence-electron chi connectivity index (χ3n) is 6.10. The second-order valence-electron chi connectivity index (χ2n) is 8.35. The van der Waals surface area contributed by atoms with E-state index in [1.54, 1.807) is 24.0 Å². The summed E-state index contributed by atoms with van der Waals surface area (Å²) in [7, 11) is 0. The van der Waals surface area contributed by atoms with Gasteiger partial charge in [-0.3, -0.25) is 9.98 Å². The highest BCUT2D eigenvalue weighted by Crippen LogP contribution is 2.49. The molecule has 1 fully saturated rings. The normalized spacial score (nSPS) is 22.9. The van der Waals surface area contributed by atoms with Gasteiger partial charge in [-0.25, -0.2) is 0 Å². The lowest BCUT2D eigenvalue weighted by Gasteiger charge is -2.27. The minimum atomic E-state index is -4.38. The molecule has 0 unspecified atom stereocenters. The van der Waals surface area contributed by atoms with Gasteiger partial charge in [0.1, 0.15) is 6.04 Å². The number of aromatic nitrogens is 2. The van der Waals surface area contributed by atoms with Crippen molar-refractivity contribution in [3.63, 3.8) is 0 Å². The Morgan fingerprint density at radius 1 is 1.06 bits per heavy atom. The summed E-state index contributed by atoms with van der Waals surface area (Å²) in [6, 6.07) is 13.2. The number of hydrogen-bond acceptors (Lipinski definition) is 4. The Kier molecular flexibility index (Phi) is 5.08. The van der Waals surface area contributed by atoms with Crippen molar-refractivity contribution in [1.82, 2.24) is 14.5 Å². The third-order valence-corrected chi connectivity index (χ3v) is 7.20. The Bertz CT molecular complexity index is 1190. The summed E-state index contributed by atoms with van der Waals surface area (Å²) < 4.78 is 41.9. The van der Waals surface area contributed by atoms with E-state index in [1.807, 2.05) is 36.6 Å². The van der Waals surface area contributed by atoms with E-state index in [9.17, 15) is 13.2 Å². The summed E-state index contributed by atoms with van der Waals surface area (Å²) in [6.07, 6.45) is -2.60. The molecule has 0 N–H and O–H groups in total. The SMILES string of the molecule is Cc1cc([C@H]2[C@H](c3ccccn3)N=C3S[C@@H](C)CN32)c(C)n1-c1cccc(C(F)(F)F)c1. The van der Waals surface area contributed by atoms with Crippen LogP contribution in [0, 0.1) is 13.8 Å². The molecule has 4 heterocycles. The highest BCUT2D eigenvalue weighted by molar-refractivity contribution is 8.14. The molecule has 0 aliphatic carbocycles. The first-order valence-electron chi connectivity index (χ1n) is 10.5. The van der Waals surface area contributed by atoms with Crippen molar-refractivity contribution < 1.29 is 13.2 Å². The molecule has 1 saturated heterocycles. The summed E-state index contributed by atoms with van der Waals surface area (Å²) in [6.45, 7) is 6.97.